The second kappa shape index (κ2) is 14.0. The molecule has 1 saturated carbocycles. The van der Waals surface area contributed by atoms with Crippen molar-refractivity contribution in [3.8, 4) is 11.5 Å². The number of ether oxygens (including phenoxy) is 3. The van der Waals surface area contributed by atoms with Crippen molar-refractivity contribution in [2.75, 3.05) is 40.5 Å². The van der Waals surface area contributed by atoms with E-state index in [4.69, 9.17) is 14.2 Å². The van der Waals surface area contributed by atoms with Crippen molar-refractivity contribution in [1.29, 1.82) is 0 Å². The van der Waals surface area contributed by atoms with E-state index in [1.165, 1.54) is 38.9 Å². The largest absolute Gasteiger partial charge is 0.493 e. The van der Waals surface area contributed by atoms with Gasteiger partial charge in [-0.1, -0.05) is 18.9 Å². The summed E-state index contributed by atoms with van der Waals surface area (Å²) in [6.45, 7) is 3.30. The Morgan fingerprint density at radius 1 is 1.12 bits per heavy atom. The lowest BCUT2D eigenvalue weighted by Gasteiger charge is -2.30. The second-order valence-corrected chi connectivity index (χ2v) is 7.89. The molecule has 32 heavy (non-hydrogen) atoms. The van der Waals surface area contributed by atoms with Gasteiger partial charge in [0.2, 0.25) is 0 Å². The third-order valence-electron chi connectivity index (χ3n) is 5.51. The number of nitrogens with one attached hydrogen (secondary N) is 2. The van der Waals surface area contributed by atoms with Gasteiger partial charge in [-0.2, -0.15) is 13.2 Å². The number of methoxy groups -OCH3 is 2. The van der Waals surface area contributed by atoms with Crippen LogP contribution in [-0.2, 0) is 11.3 Å². The van der Waals surface area contributed by atoms with Crippen molar-refractivity contribution in [2.45, 2.75) is 51.7 Å². The van der Waals surface area contributed by atoms with Crippen LogP contribution in [0.5, 0.6) is 11.5 Å². The summed E-state index contributed by atoms with van der Waals surface area (Å²) in [4.78, 5) is 4.63. The van der Waals surface area contributed by atoms with Gasteiger partial charge in [0.15, 0.2) is 24.1 Å². The number of rotatable bonds is 11. The molecule has 6 nitrogen and oxygen atoms in total. The fourth-order valence-electron chi connectivity index (χ4n) is 3.83. The smallest absolute Gasteiger partial charge is 0.422 e. The highest BCUT2D eigenvalue weighted by molar-refractivity contribution is 14.0. The van der Waals surface area contributed by atoms with E-state index in [2.05, 4.69) is 15.6 Å². The maximum Gasteiger partial charge on any atom is 0.422 e. The van der Waals surface area contributed by atoms with Crippen LogP contribution >= 0.6 is 24.0 Å². The first-order valence-electron chi connectivity index (χ1n) is 10.7. The Hall–Kier alpha value is -1.43. The van der Waals surface area contributed by atoms with Gasteiger partial charge in [0.1, 0.15) is 0 Å². The number of nitrogens with zero attached hydrogens (tertiary/aromatic N) is 1. The van der Waals surface area contributed by atoms with E-state index in [0.717, 1.165) is 31.7 Å². The Labute approximate surface area is 205 Å². The number of aliphatic imine (C=N–C) groups is 1. The number of hydrogen-bond donors (Lipinski definition) is 2. The van der Waals surface area contributed by atoms with Gasteiger partial charge in [-0.05, 0) is 49.3 Å². The number of alkyl halides is 3. The summed E-state index contributed by atoms with van der Waals surface area (Å²) in [5.74, 6) is 1.01. The maximum absolute atomic E-state index is 12.4. The van der Waals surface area contributed by atoms with Crippen LogP contribution in [0.25, 0.3) is 0 Å². The van der Waals surface area contributed by atoms with Crippen LogP contribution in [0.4, 0.5) is 13.2 Å². The Bertz CT molecular complexity index is 711. The molecular weight excluding hydrogens is 538 g/mol. The topological polar surface area (TPSA) is 64.1 Å². The molecule has 0 aromatic heterocycles. The van der Waals surface area contributed by atoms with Crippen molar-refractivity contribution < 1.29 is 27.4 Å². The molecule has 1 aliphatic carbocycles. The molecule has 184 valence electrons. The number of guanidine groups is 1. The van der Waals surface area contributed by atoms with Crippen LogP contribution in [0.15, 0.2) is 23.2 Å². The van der Waals surface area contributed by atoms with Crippen LogP contribution in [0.2, 0.25) is 0 Å². The molecule has 1 fully saturated rings. The molecule has 1 aliphatic rings. The third-order valence-corrected chi connectivity index (χ3v) is 5.51. The highest BCUT2D eigenvalue weighted by Gasteiger charge is 2.33. The van der Waals surface area contributed by atoms with Gasteiger partial charge < -0.3 is 24.8 Å². The Balaban J connectivity index is 0.00000512. The summed E-state index contributed by atoms with van der Waals surface area (Å²) in [7, 11) is 3.13. The van der Waals surface area contributed by atoms with Gasteiger partial charge in [-0.15, -0.1) is 24.0 Å². The van der Waals surface area contributed by atoms with Crippen molar-refractivity contribution in [1.82, 2.24) is 10.6 Å². The van der Waals surface area contributed by atoms with E-state index in [-0.39, 0.29) is 40.9 Å². The minimum atomic E-state index is -4.40. The van der Waals surface area contributed by atoms with E-state index in [0.29, 0.717) is 12.5 Å². The molecule has 0 radical (unpaired) electrons. The van der Waals surface area contributed by atoms with E-state index < -0.39 is 12.8 Å². The number of benzene rings is 1. The van der Waals surface area contributed by atoms with E-state index in [9.17, 15) is 13.2 Å². The number of hydrogen-bond acceptors (Lipinski definition) is 4. The summed E-state index contributed by atoms with van der Waals surface area (Å²) in [6, 6.07) is 4.82. The lowest BCUT2D eigenvalue weighted by Crippen LogP contribution is -2.43. The Morgan fingerprint density at radius 3 is 2.44 bits per heavy atom. The zero-order valence-electron chi connectivity index (χ0n) is 19.0. The Morgan fingerprint density at radius 2 is 1.84 bits per heavy atom. The Kier molecular flexibility index (Phi) is 12.5. The van der Waals surface area contributed by atoms with Crippen molar-refractivity contribution >= 4 is 29.9 Å². The summed E-state index contributed by atoms with van der Waals surface area (Å²) < 4.78 is 52.6. The second-order valence-electron chi connectivity index (χ2n) is 7.89. The first-order valence-corrected chi connectivity index (χ1v) is 10.7. The predicted molar refractivity (Wildman–Crippen MR) is 130 cm³/mol. The van der Waals surface area contributed by atoms with Gasteiger partial charge in [0.25, 0.3) is 0 Å². The minimum absolute atomic E-state index is 0. The van der Waals surface area contributed by atoms with Crippen LogP contribution < -0.4 is 20.1 Å². The molecule has 0 amide bonds. The molecule has 1 aromatic rings. The molecule has 10 heteroatoms. The van der Waals surface area contributed by atoms with Gasteiger partial charge in [-0.25, -0.2) is 4.99 Å². The molecule has 2 rings (SSSR count). The quantitative estimate of drug-likeness (QED) is 0.224. The average Bonchev–Trinajstić information content (AvgIpc) is 3.21. The zero-order chi connectivity index (χ0) is 22.7. The SMILES string of the molecule is CCNC(=NCc1ccc(OCC(F)(F)F)c(OC)c1)NCC1(CCOC)CCCC1.I. The summed E-state index contributed by atoms with van der Waals surface area (Å²) in [5.41, 5.74) is 1.04. The lowest BCUT2D eigenvalue weighted by atomic mass is 9.83. The zero-order valence-corrected chi connectivity index (χ0v) is 21.3. The van der Waals surface area contributed by atoms with Crippen molar-refractivity contribution in [3.63, 3.8) is 0 Å². The van der Waals surface area contributed by atoms with Crippen molar-refractivity contribution in [2.24, 2.45) is 10.4 Å². The highest BCUT2D eigenvalue weighted by atomic mass is 127. The minimum Gasteiger partial charge on any atom is -0.493 e. The molecule has 0 aliphatic heterocycles. The van der Waals surface area contributed by atoms with Crippen LogP contribution in [0.1, 0.15) is 44.6 Å². The molecule has 0 saturated heterocycles. The monoisotopic (exact) mass is 573 g/mol. The normalized spacial score (nSPS) is 15.8. The fourth-order valence-corrected chi connectivity index (χ4v) is 3.83. The summed E-state index contributed by atoms with van der Waals surface area (Å²) >= 11 is 0. The molecule has 0 atom stereocenters. The molecule has 2 N–H and O–H groups in total. The van der Waals surface area contributed by atoms with Gasteiger partial charge in [0, 0.05) is 26.8 Å². The summed E-state index contributed by atoms with van der Waals surface area (Å²) in [6.07, 6.45) is 1.45. The van der Waals surface area contributed by atoms with E-state index >= 15 is 0 Å². The third kappa shape index (κ3) is 9.60. The van der Waals surface area contributed by atoms with E-state index in [1.807, 2.05) is 6.92 Å². The maximum atomic E-state index is 12.4. The van der Waals surface area contributed by atoms with Crippen LogP contribution in [-0.4, -0.2) is 52.7 Å². The first-order chi connectivity index (χ1) is 14.8. The van der Waals surface area contributed by atoms with E-state index in [1.54, 1.807) is 19.2 Å². The standard InChI is InChI=1S/C22H34F3N3O3.HI/c1-4-26-20(28-15-21(11-12-29-2)9-5-6-10-21)27-14-17-7-8-18(19(13-17)30-3)31-16-22(23,24)25;/h7-8,13H,4-6,9-12,14-16H2,1-3H3,(H2,26,27,28);1H. The van der Waals surface area contributed by atoms with Crippen LogP contribution in [0.3, 0.4) is 0 Å². The molecule has 0 heterocycles. The molecular formula is C22H35F3IN3O3. The van der Waals surface area contributed by atoms with Gasteiger partial charge in [0.05, 0.1) is 13.7 Å². The predicted octanol–water partition coefficient (Wildman–Crippen LogP) is 4.91. The van der Waals surface area contributed by atoms with Gasteiger partial charge in [-0.3, -0.25) is 0 Å². The molecule has 0 spiro atoms. The molecule has 0 unspecified atom stereocenters. The molecule has 0 bridgehead atoms. The number of halogens is 4. The fraction of sp³-hybridized carbons (Fsp3) is 0.682. The van der Waals surface area contributed by atoms with Gasteiger partial charge >= 0.3 is 6.18 Å². The average molecular weight is 573 g/mol. The first kappa shape index (κ1) is 28.6. The van der Waals surface area contributed by atoms with Crippen LogP contribution in [0, 0.1) is 5.41 Å². The molecule has 1 aromatic carbocycles. The lowest BCUT2D eigenvalue weighted by molar-refractivity contribution is -0.153. The summed E-state index contributed by atoms with van der Waals surface area (Å²) in [5, 5.41) is 6.72. The van der Waals surface area contributed by atoms with Crippen molar-refractivity contribution in [3.05, 3.63) is 23.8 Å². The highest BCUT2D eigenvalue weighted by Crippen LogP contribution is 2.40.